The maximum Gasteiger partial charge on any atom is 0.123 e. The van der Waals surface area contributed by atoms with Gasteiger partial charge in [0.2, 0.25) is 0 Å². The van der Waals surface area contributed by atoms with Crippen LogP contribution in [0, 0.1) is 5.82 Å². The Morgan fingerprint density at radius 2 is 2.08 bits per heavy atom. The smallest absolute Gasteiger partial charge is 0.123 e. The molecule has 0 atom stereocenters. The average Bonchev–Trinajstić information content (AvgIpc) is 2.09. The molecule has 0 aliphatic rings. The Morgan fingerprint density at radius 3 is 2.67 bits per heavy atom. The van der Waals surface area contributed by atoms with E-state index < -0.39 is 0 Å². The third-order valence-corrected chi connectivity index (χ3v) is 1.36. The normalized spacial score (nSPS) is 9.42. The molecule has 0 unspecified atom stereocenters. The molecule has 1 aromatic rings. The predicted octanol–water partition coefficient (Wildman–Crippen LogP) is 1.99. The Labute approximate surface area is 70.6 Å². The van der Waals surface area contributed by atoms with Crippen LogP contribution >= 0.6 is 0 Å². The fourth-order valence-corrected chi connectivity index (χ4v) is 0.786. The number of hydrogen-bond acceptors (Lipinski definition) is 2. The lowest BCUT2D eigenvalue weighted by molar-refractivity contribution is 0.130. The second kappa shape index (κ2) is 4.51. The highest BCUT2D eigenvalue weighted by Gasteiger charge is 1.91. The molecule has 0 amide bonds. The van der Waals surface area contributed by atoms with E-state index in [-0.39, 0.29) is 5.82 Å². The van der Waals surface area contributed by atoms with E-state index in [0.29, 0.717) is 6.54 Å². The Kier molecular flexibility index (Phi) is 3.29. The van der Waals surface area contributed by atoms with Gasteiger partial charge in [0, 0.05) is 0 Å². The summed E-state index contributed by atoms with van der Waals surface area (Å²) in [6.45, 7) is 3.90. The van der Waals surface area contributed by atoms with Gasteiger partial charge in [-0.15, -0.1) is 0 Å². The first-order valence-corrected chi connectivity index (χ1v) is 3.57. The fraction of sp³-hybridized carbons (Fsp3) is 0.111. The SMILES string of the molecule is C=CONCc1ccc(F)cc1. The summed E-state index contributed by atoms with van der Waals surface area (Å²) in [5.74, 6) is -0.233. The zero-order valence-corrected chi connectivity index (χ0v) is 6.59. The summed E-state index contributed by atoms with van der Waals surface area (Å²) in [4.78, 5) is 4.69. The molecule has 1 N–H and O–H groups in total. The third kappa shape index (κ3) is 2.72. The summed E-state index contributed by atoms with van der Waals surface area (Å²) >= 11 is 0. The van der Waals surface area contributed by atoms with E-state index in [0.717, 1.165) is 5.56 Å². The molecule has 0 saturated heterocycles. The molecule has 64 valence electrons. The maximum atomic E-state index is 12.4. The van der Waals surface area contributed by atoms with Crippen LogP contribution in [-0.4, -0.2) is 0 Å². The van der Waals surface area contributed by atoms with E-state index in [4.69, 9.17) is 0 Å². The molecule has 0 aliphatic heterocycles. The van der Waals surface area contributed by atoms with Gasteiger partial charge in [-0.2, -0.15) is 5.48 Å². The van der Waals surface area contributed by atoms with E-state index in [9.17, 15) is 4.39 Å². The summed E-state index contributed by atoms with van der Waals surface area (Å²) in [5, 5.41) is 0. The summed E-state index contributed by atoms with van der Waals surface area (Å²) in [7, 11) is 0. The molecule has 0 bridgehead atoms. The van der Waals surface area contributed by atoms with E-state index in [1.807, 2.05) is 0 Å². The Hall–Kier alpha value is -1.35. The van der Waals surface area contributed by atoms with Gasteiger partial charge in [-0.3, -0.25) is 0 Å². The molecule has 0 heterocycles. The highest BCUT2D eigenvalue weighted by atomic mass is 19.1. The molecule has 0 fully saturated rings. The number of nitrogens with one attached hydrogen (secondary N) is 1. The topological polar surface area (TPSA) is 21.3 Å². The standard InChI is InChI=1S/C9H10FNO/c1-2-12-11-7-8-3-5-9(10)6-4-8/h2-6,11H,1,7H2. The van der Waals surface area contributed by atoms with E-state index in [1.165, 1.54) is 18.4 Å². The van der Waals surface area contributed by atoms with Crippen LogP contribution in [-0.2, 0) is 11.4 Å². The van der Waals surface area contributed by atoms with Crippen LogP contribution in [0.5, 0.6) is 0 Å². The number of hydroxylamine groups is 1. The Morgan fingerprint density at radius 1 is 1.42 bits per heavy atom. The molecular weight excluding hydrogens is 157 g/mol. The van der Waals surface area contributed by atoms with Crippen molar-refractivity contribution in [3.8, 4) is 0 Å². The van der Waals surface area contributed by atoms with Gasteiger partial charge >= 0.3 is 0 Å². The van der Waals surface area contributed by atoms with Crippen molar-refractivity contribution in [1.29, 1.82) is 0 Å². The number of benzene rings is 1. The zero-order chi connectivity index (χ0) is 8.81. The van der Waals surface area contributed by atoms with Gasteiger partial charge < -0.3 is 4.84 Å². The molecule has 1 rings (SSSR count). The highest BCUT2D eigenvalue weighted by Crippen LogP contribution is 2.01. The molecule has 0 aromatic heterocycles. The van der Waals surface area contributed by atoms with Gasteiger partial charge in [0.05, 0.1) is 6.54 Å². The van der Waals surface area contributed by atoms with Crippen molar-refractivity contribution < 1.29 is 9.23 Å². The lowest BCUT2D eigenvalue weighted by Gasteiger charge is -2.01. The third-order valence-electron chi connectivity index (χ3n) is 1.36. The maximum absolute atomic E-state index is 12.4. The summed E-state index contributed by atoms with van der Waals surface area (Å²) in [6.07, 6.45) is 1.30. The molecule has 0 saturated carbocycles. The van der Waals surface area contributed by atoms with Crippen LogP contribution in [0.4, 0.5) is 4.39 Å². The molecule has 0 aliphatic carbocycles. The Bertz CT molecular complexity index is 245. The van der Waals surface area contributed by atoms with E-state index >= 15 is 0 Å². The summed E-state index contributed by atoms with van der Waals surface area (Å²) in [5.41, 5.74) is 3.59. The molecule has 0 spiro atoms. The zero-order valence-electron chi connectivity index (χ0n) is 6.59. The van der Waals surface area contributed by atoms with Crippen molar-refractivity contribution in [1.82, 2.24) is 5.48 Å². The predicted molar refractivity (Wildman–Crippen MR) is 44.5 cm³/mol. The van der Waals surface area contributed by atoms with E-state index in [2.05, 4.69) is 16.9 Å². The monoisotopic (exact) mass is 167 g/mol. The molecular formula is C9H10FNO. The molecule has 12 heavy (non-hydrogen) atoms. The second-order valence-corrected chi connectivity index (χ2v) is 2.23. The first-order valence-electron chi connectivity index (χ1n) is 3.57. The molecule has 3 heteroatoms. The fourth-order valence-electron chi connectivity index (χ4n) is 0.786. The van der Waals surface area contributed by atoms with Crippen molar-refractivity contribution in [2.75, 3.05) is 0 Å². The molecule has 0 radical (unpaired) electrons. The van der Waals surface area contributed by atoms with Gasteiger partial charge in [-0.25, -0.2) is 4.39 Å². The van der Waals surface area contributed by atoms with Gasteiger partial charge in [-0.1, -0.05) is 18.7 Å². The van der Waals surface area contributed by atoms with Crippen molar-refractivity contribution in [3.63, 3.8) is 0 Å². The first kappa shape index (κ1) is 8.74. The lowest BCUT2D eigenvalue weighted by atomic mass is 10.2. The minimum atomic E-state index is -0.233. The van der Waals surface area contributed by atoms with Gasteiger partial charge in [0.25, 0.3) is 0 Å². The minimum Gasteiger partial charge on any atom is -0.417 e. The van der Waals surface area contributed by atoms with Gasteiger partial charge in [0.1, 0.15) is 12.1 Å². The van der Waals surface area contributed by atoms with Crippen molar-refractivity contribution >= 4 is 0 Å². The quantitative estimate of drug-likeness (QED) is 0.420. The summed E-state index contributed by atoms with van der Waals surface area (Å²) < 4.78 is 12.4. The number of halogens is 1. The van der Waals surface area contributed by atoms with Crippen molar-refractivity contribution in [2.45, 2.75) is 6.54 Å². The van der Waals surface area contributed by atoms with Crippen molar-refractivity contribution in [3.05, 3.63) is 48.5 Å². The molecule has 1 aromatic carbocycles. The first-order chi connectivity index (χ1) is 5.83. The largest absolute Gasteiger partial charge is 0.417 e. The van der Waals surface area contributed by atoms with Crippen LogP contribution < -0.4 is 5.48 Å². The highest BCUT2D eigenvalue weighted by molar-refractivity contribution is 5.15. The van der Waals surface area contributed by atoms with Crippen molar-refractivity contribution in [2.24, 2.45) is 0 Å². The van der Waals surface area contributed by atoms with Crippen LogP contribution in [0.2, 0.25) is 0 Å². The number of hydrogen-bond donors (Lipinski definition) is 1. The van der Waals surface area contributed by atoms with Gasteiger partial charge in [0.15, 0.2) is 0 Å². The van der Waals surface area contributed by atoms with Crippen LogP contribution in [0.15, 0.2) is 37.1 Å². The summed E-state index contributed by atoms with van der Waals surface area (Å²) in [6, 6.07) is 6.19. The number of rotatable bonds is 4. The lowest BCUT2D eigenvalue weighted by Crippen LogP contribution is -2.09. The average molecular weight is 167 g/mol. The van der Waals surface area contributed by atoms with Crippen LogP contribution in [0.25, 0.3) is 0 Å². The minimum absolute atomic E-state index is 0.233. The van der Waals surface area contributed by atoms with Crippen LogP contribution in [0.3, 0.4) is 0 Å². The molecule has 2 nitrogen and oxygen atoms in total. The van der Waals surface area contributed by atoms with Crippen LogP contribution in [0.1, 0.15) is 5.56 Å². The second-order valence-electron chi connectivity index (χ2n) is 2.23. The Balaban J connectivity index is 2.42. The van der Waals surface area contributed by atoms with Gasteiger partial charge in [-0.05, 0) is 17.7 Å². The van der Waals surface area contributed by atoms with E-state index in [1.54, 1.807) is 12.1 Å².